The summed E-state index contributed by atoms with van der Waals surface area (Å²) >= 11 is 0. The first kappa shape index (κ1) is 23.9. The molecule has 1 aliphatic heterocycles. The highest BCUT2D eigenvalue weighted by Gasteiger charge is 2.16. The Bertz CT molecular complexity index is 1310. The van der Waals surface area contributed by atoms with E-state index in [1.165, 1.54) is 0 Å². The zero-order valence-electron chi connectivity index (χ0n) is 21.0. The molecule has 0 spiro atoms. The monoisotopic (exact) mass is 483 g/mol. The summed E-state index contributed by atoms with van der Waals surface area (Å²) in [5.74, 6) is 1.86. The first-order chi connectivity index (χ1) is 17.6. The second-order valence-electron chi connectivity index (χ2n) is 9.34. The van der Waals surface area contributed by atoms with Crippen molar-refractivity contribution < 1.29 is 9.53 Å². The highest BCUT2D eigenvalue weighted by Crippen LogP contribution is 2.32. The number of aromatic nitrogens is 2. The van der Waals surface area contributed by atoms with Crippen molar-refractivity contribution in [2.45, 2.75) is 19.4 Å². The van der Waals surface area contributed by atoms with Gasteiger partial charge < -0.3 is 24.8 Å². The van der Waals surface area contributed by atoms with Gasteiger partial charge in [0.25, 0.3) is 0 Å². The second-order valence-corrected chi connectivity index (χ2v) is 9.34. The molecule has 3 heterocycles. The van der Waals surface area contributed by atoms with Gasteiger partial charge in [-0.3, -0.25) is 4.79 Å². The van der Waals surface area contributed by atoms with Crippen molar-refractivity contribution in [1.29, 1.82) is 0 Å². The van der Waals surface area contributed by atoms with Crippen molar-refractivity contribution in [3.05, 3.63) is 78.0 Å². The van der Waals surface area contributed by atoms with Gasteiger partial charge in [0.05, 0.1) is 7.11 Å². The Morgan fingerprint density at radius 2 is 1.81 bits per heavy atom. The van der Waals surface area contributed by atoms with E-state index in [9.17, 15) is 4.79 Å². The predicted octanol–water partition coefficient (Wildman–Crippen LogP) is 4.24. The molecule has 7 heteroatoms. The fourth-order valence-electron chi connectivity index (χ4n) is 4.74. The van der Waals surface area contributed by atoms with Gasteiger partial charge in [0.15, 0.2) is 0 Å². The highest BCUT2D eigenvalue weighted by atomic mass is 16.5. The maximum atomic E-state index is 12.8. The standard InChI is InChI=1S/C29H33N5O2/c1-33-15-17-34(18-16-33)27-13-7-21(19-30-27)20-31-28(35)14-12-25-24-5-3-4-6-26(24)32-29(25)22-8-10-23(36-2)11-9-22/h3-11,13,19,32H,12,14-18,20H2,1-2H3,(H,31,35). The van der Waals surface area contributed by atoms with Crippen molar-refractivity contribution in [1.82, 2.24) is 20.2 Å². The average molecular weight is 484 g/mol. The molecule has 1 saturated heterocycles. The van der Waals surface area contributed by atoms with Crippen LogP contribution in [0.5, 0.6) is 5.75 Å². The number of pyridine rings is 1. The van der Waals surface area contributed by atoms with Crippen LogP contribution in [0.15, 0.2) is 66.9 Å². The lowest BCUT2D eigenvalue weighted by atomic mass is 10.0. The van der Waals surface area contributed by atoms with Crippen LogP contribution in [0.2, 0.25) is 0 Å². The Balaban J connectivity index is 1.21. The van der Waals surface area contributed by atoms with E-state index in [0.29, 0.717) is 19.4 Å². The maximum Gasteiger partial charge on any atom is 0.220 e. The zero-order chi connectivity index (χ0) is 24.9. The molecule has 2 aromatic heterocycles. The molecule has 0 bridgehead atoms. The lowest BCUT2D eigenvalue weighted by Gasteiger charge is -2.33. The van der Waals surface area contributed by atoms with E-state index < -0.39 is 0 Å². The molecule has 0 saturated carbocycles. The SMILES string of the molecule is COc1ccc(-c2[nH]c3ccccc3c2CCC(=O)NCc2ccc(N3CCN(C)CC3)nc2)cc1. The molecule has 0 atom stereocenters. The summed E-state index contributed by atoms with van der Waals surface area (Å²) in [5.41, 5.74) is 5.37. The van der Waals surface area contributed by atoms with Crippen LogP contribution in [0.4, 0.5) is 5.82 Å². The minimum atomic E-state index is 0.0316. The molecule has 186 valence electrons. The summed E-state index contributed by atoms with van der Waals surface area (Å²) in [4.78, 5) is 25.6. The molecule has 2 aromatic carbocycles. The molecule has 1 aliphatic rings. The largest absolute Gasteiger partial charge is 0.497 e. The number of carbonyl (C=O) groups is 1. The molecule has 2 N–H and O–H groups in total. The number of H-pyrrole nitrogens is 1. The zero-order valence-corrected chi connectivity index (χ0v) is 21.0. The van der Waals surface area contributed by atoms with Gasteiger partial charge in [-0.1, -0.05) is 24.3 Å². The number of ether oxygens (including phenoxy) is 1. The molecule has 7 nitrogen and oxygen atoms in total. The van der Waals surface area contributed by atoms with Gasteiger partial charge >= 0.3 is 0 Å². The van der Waals surface area contributed by atoms with Crippen LogP contribution in [0, 0.1) is 0 Å². The van der Waals surface area contributed by atoms with Gasteiger partial charge in [-0.2, -0.15) is 0 Å². The Hall–Kier alpha value is -3.84. The third-order valence-electron chi connectivity index (χ3n) is 6.92. The highest BCUT2D eigenvalue weighted by molar-refractivity contribution is 5.91. The van der Waals surface area contributed by atoms with Gasteiger partial charge in [0.1, 0.15) is 11.6 Å². The van der Waals surface area contributed by atoms with Crippen LogP contribution < -0.4 is 15.0 Å². The number of carbonyl (C=O) groups excluding carboxylic acids is 1. The Kier molecular flexibility index (Phi) is 7.18. The van der Waals surface area contributed by atoms with Gasteiger partial charge in [-0.05, 0) is 66.6 Å². The number of fused-ring (bicyclic) bond motifs is 1. The number of amides is 1. The smallest absolute Gasteiger partial charge is 0.220 e. The fraction of sp³-hybridized carbons (Fsp3) is 0.310. The lowest BCUT2D eigenvalue weighted by molar-refractivity contribution is -0.121. The number of piperazine rings is 1. The van der Waals surface area contributed by atoms with Gasteiger partial charge in [-0.25, -0.2) is 4.98 Å². The average Bonchev–Trinajstić information content (AvgIpc) is 3.30. The molecule has 1 fully saturated rings. The van der Waals surface area contributed by atoms with E-state index in [1.807, 2.05) is 42.6 Å². The summed E-state index contributed by atoms with van der Waals surface area (Å²) in [6.45, 7) is 4.57. The number of methoxy groups -OCH3 is 1. The van der Waals surface area contributed by atoms with Crippen LogP contribution in [0.25, 0.3) is 22.2 Å². The van der Waals surface area contributed by atoms with Crippen molar-refractivity contribution in [3.8, 4) is 17.0 Å². The summed E-state index contributed by atoms with van der Waals surface area (Å²) in [5, 5.41) is 4.22. The number of hydrogen-bond donors (Lipinski definition) is 2. The summed E-state index contributed by atoms with van der Waals surface area (Å²) in [6.07, 6.45) is 2.94. The van der Waals surface area contributed by atoms with E-state index in [0.717, 1.165) is 71.0 Å². The topological polar surface area (TPSA) is 73.5 Å². The number of likely N-dealkylation sites (N-methyl/N-ethyl adjacent to an activating group) is 1. The van der Waals surface area contributed by atoms with Crippen molar-refractivity contribution in [2.75, 3.05) is 45.2 Å². The summed E-state index contributed by atoms with van der Waals surface area (Å²) in [7, 11) is 3.81. The van der Waals surface area contributed by atoms with E-state index in [-0.39, 0.29) is 5.91 Å². The number of benzene rings is 2. The number of nitrogens with one attached hydrogen (secondary N) is 2. The Morgan fingerprint density at radius 1 is 1.03 bits per heavy atom. The third-order valence-corrected chi connectivity index (χ3v) is 6.92. The number of rotatable bonds is 8. The maximum absolute atomic E-state index is 12.8. The number of para-hydroxylation sites is 1. The molecule has 0 unspecified atom stereocenters. The minimum absolute atomic E-state index is 0.0316. The Morgan fingerprint density at radius 3 is 2.53 bits per heavy atom. The second kappa shape index (κ2) is 10.8. The quantitative estimate of drug-likeness (QED) is 0.392. The summed E-state index contributed by atoms with van der Waals surface area (Å²) < 4.78 is 5.31. The molecule has 0 radical (unpaired) electrons. The Labute approximate surface area is 212 Å². The van der Waals surface area contributed by atoms with E-state index in [4.69, 9.17) is 4.74 Å². The van der Waals surface area contributed by atoms with Crippen LogP contribution in [-0.4, -0.2) is 61.1 Å². The number of anilines is 1. The van der Waals surface area contributed by atoms with Crippen molar-refractivity contribution >= 4 is 22.6 Å². The van der Waals surface area contributed by atoms with Crippen molar-refractivity contribution in [2.24, 2.45) is 0 Å². The fourth-order valence-corrected chi connectivity index (χ4v) is 4.74. The number of hydrogen-bond acceptors (Lipinski definition) is 5. The lowest BCUT2D eigenvalue weighted by Crippen LogP contribution is -2.44. The predicted molar refractivity (Wildman–Crippen MR) is 144 cm³/mol. The minimum Gasteiger partial charge on any atom is -0.497 e. The van der Waals surface area contributed by atoms with Gasteiger partial charge in [0.2, 0.25) is 5.91 Å². The van der Waals surface area contributed by atoms with Gasteiger partial charge in [-0.15, -0.1) is 0 Å². The molecular weight excluding hydrogens is 450 g/mol. The molecular formula is C29H33N5O2. The molecule has 5 rings (SSSR count). The molecule has 0 aliphatic carbocycles. The summed E-state index contributed by atoms with van der Waals surface area (Å²) in [6, 6.07) is 20.4. The first-order valence-electron chi connectivity index (χ1n) is 12.5. The van der Waals surface area contributed by atoms with Crippen LogP contribution >= 0.6 is 0 Å². The third kappa shape index (κ3) is 5.36. The van der Waals surface area contributed by atoms with E-state index in [1.54, 1.807) is 7.11 Å². The number of aromatic amines is 1. The van der Waals surface area contributed by atoms with E-state index in [2.05, 4.69) is 56.4 Å². The number of aryl methyl sites for hydroxylation is 1. The molecule has 4 aromatic rings. The van der Waals surface area contributed by atoms with Crippen LogP contribution in [0.3, 0.4) is 0 Å². The molecule has 36 heavy (non-hydrogen) atoms. The van der Waals surface area contributed by atoms with Crippen LogP contribution in [0.1, 0.15) is 17.5 Å². The molecule has 1 amide bonds. The normalized spacial score (nSPS) is 14.2. The van der Waals surface area contributed by atoms with Gasteiger partial charge in [0, 0.05) is 61.9 Å². The van der Waals surface area contributed by atoms with E-state index >= 15 is 0 Å². The van der Waals surface area contributed by atoms with Crippen molar-refractivity contribution in [3.63, 3.8) is 0 Å². The van der Waals surface area contributed by atoms with Crippen LogP contribution in [-0.2, 0) is 17.8 Å². The number of nitrogens with zero attached hydrogens (tertiary/aromatic N) is 3. The first-order valence-corrected chi connectivity index (χ1v) is 12.5.